The van der Waals surface area contributed by atoms with Gasteiger partial charge in [0.2, 0.25) is 0 Å². The van der Waals surface area contributed by atoms with Gasteiger partial charge in [-0.25, -0.2) is 0 Å². The quantitative estimate of drug-likeness (QED) is 0.184. The van der Waals surface area contributed by atoms with Gasteiger partial charge in [0.1, 0.15) is 0 Å². The van der Waals surface area contributed by atoms with E-state index in [0.29, 0.717) is 0 Å². The average molecular weight is 603 g/mol. The third-order valence-corrected chi connectivity index (χ3v) is 20.0. The standard InChI is InChI=1S/C32H28P2S4/c1-2-10-22-21(9-1)29(25-13-5-17-35-25)33(30(22)26-14-6-18-36-26)34-31(27-15-7-19-37-27)23-11-3-4-12-24(23)32(34)28-16-8-20-38-28/h5-8,13-20H,1-4,9-12H2. The Hall–Kier alpha value is -1.64. The monoisotopic (exact) mass is 602 g/mol. The number of hydrogen-bond donors (Lipinski definition) is 0. The van der Waals surface area contributed by atoms with Gasteiger partial charge in [-0.05, 0) is 119 Å². The molecular formula is C32H28P2S4. The van der Waals surface area contributed by atoms with Crippen molar-refractivity contribution in [2.75, 3.05) is 0 Å². The van der Waals surface area contributed by atoms with E-state index in [1.54, 1.807) is 62.9 Å². The van der Waals surface area contributed by atoms with Gasteiger partial charge in [0.25, 0.3) is 0 Å². The van der Waals surface area contributed by atoms with E-state index >= 15 is 0 Å². The van der Waals surface area contributed by atoms with Crippen molar-refractivity contribution in [1.29, 1.82) is 0 Å². The SMILES string of the molecule is c1csc(-c2c3c(c(-c4cccs4)p2-p2c(-c4cccs4)c4c(c2-c2cccs2)CCCC4)CCCC3)c1. The maximum atomic E-state index is 2.43. The Kier molecular flexibility index (Phi) is 6.41. The number of thiophene rings is 4. The summed E-state index contributed by atoms with van der Waals surface area (Å²) < 4.78 is 0. The van der Waals surface area contributed by atoms with Crippen LogP contribution >= 0.6 is 59.8 Å². The normalized spacial score (nSPS) is 15.1. The van der Waals surface area contributed by atoms with Crippen molar-refractivity contribution >= 4 is 59.8 Å². The largest absolute Gasteiger partial charge is 0.143 e. The van der Waals surface area contributed by atoms with Crippen molar-refractivity contribution in [3.05, 3.63) is 92.3 Å². The van der Waals surface area contributed by atoms with Crippen LogP contribution in [0, 0.1) is 0 Å². The first kappa shape index (κ1) is 24.2. The fourth-order valence-electron chi connectivity index (χ4n) is 6.66. The van der Waals surface area contributed by atoms with E-state index in [9.17, 15) is 0 Å². The molecule has 0 aliphatic heterocycles. The lowest BCUT2D eigenvalue weighted by atomic mass is 9.91. The molecule has 0 aromatic carbocycles. The minimum absolute atomic E-state index is 0.507. The van der Waals surface area contributed by atoms with E-state index in [0.717, 1.165) is 0 Å². The van der Waals surface area contributed by atoms with Crippen LogP contribution in [0.1, 0.15) is 47.9 Å². The second-order valence-electron chi connectivity index (χ2n) is 10.3. The number of hydrogen-bond acceptors (Lipinski definition) is 4. The summed E-state index contributed by atoms with van der Waals surface area (Å²) in [5, 5.41) is 16.2. The summed E-state index contributed by atoms with van der Waals surface area (Å²) in [6.07, 6.45) is 10.4. The third kappa shape index (κ3) is 3.80. The predicted octanol–water partition coefficient (Wildman–Crippen LogP) is 12.6. The predicted molar refractivity (Wildman–Crippen MR) is 176 cm³/mol. The molecule has 0 fully saturated rings. The van der Waals surface area contributed by atoms with E-state index in [1.807, 2.05) is 45.3 Å². The van der Waals surface area contributed by atoms with E-state index < -0.39 is 14.4 Å². The lowest BCUT2D eigenvalue weighted by Gasteiger charge is -2.15. The number of rotatable bonds is 5. The minimum atomic E-state index is -0.507. The molecule has 0 saturated heterocycles. The van der Waals surface area contributed by atoms with Crippen LogP contribution < -0.4 is 0 Å². The van der Waals surface area contributed by atoms with E-state index in [1.165, 1.54) is 51.4 Å². The van der Waals surface area contributed by atoms with Crippen LogP contribution in [0.2, 0.25) is 0 Å². The molecule has 0 unspecified atom stereocenters. The fraction of sp³-hybridized carbons (Fsp3) is 0.250. The second kappa shape index (κ2) is 10.1. The minimum Gasteiger partial charge on any atom is -0.143 e. The first-order chi connectivity index (χ1) is 18.9. The molecule has 6 heterocycles. The Bertz CT molecular complexity index is 1440. The zero-order chi connectivity index (χ0) is 25.1. The Morgan fingerprint density at radius 3 is 0.868 bits per heavy atom. The molecule has 0 spiro atoms. The highest BCUT2D eigenvalue weighted by Gasteiger charge is 2.35. The van der Waals surface area contributed by atoms with Gasteiger partial charge < -0.3 is 0 Å². The van der Waals surface area contributed by atoms with Crippen LogP contribution in [-0.4, -0.2) is 0 Å². The third-order valence-electron chi connectivity index (χ3n) is 8.14. The molecular weight excluding hydrogens is 575 g/mol. The Morgan fingerprint density at radius 2 is 0.658 bits per heavy atom. The zero-order valence-electron chi connectivity index (χ0n) is 21.1. The van der Waals surface area contributed by atoms with Crippen molar-refractivity contribution in [1.82, 2.24) is 0 Å². The first-order valence-electron chi connectivity index (χ1n) is 13.6. The molecule has 2 aliphatic carbocycles. The summed E-state index contributed by atoms with van der Waals surface area (Å²) in [5.74, 6) is 0. The van der Waals surface area contributed by atoms with Gasteiger partial charge in [0.05, 0.1) is 0 Å². The van der Waals surface area contributed by atoms with Crippen LogP contribution in [0.15, 0.2) is 70.1 Å². The molecule has 6 aromatic rings. The summed E-state index contributed by atoms with van der Waals surface area (Å²) in [5.41, 5.74) is 6.93. The lowest BCUT2D eigenvalue weighted by molar-refractivity contribution is 0.692. The van der Waals surface area contributed by atoms with E-state index in [-0.39, 0.29) is 0 Å². The van der Waals surface area contributed by atoms with Crippen LogP contribution in [0.4, 0.5) is 0 Å². The molecule has 0 saturated carbocycles. The first-order valence-corrected chi connectivity index (χ1v) is 20.5. The molecule has 0 nitrogen and oxygen atoms in total. The van der Waals surface area contributed by atoms with Gasteiger partial charge in [-0.15, -0.1) is 45.3 Å². The molecule has 0 N–H and O–H groups in total. The highest BCUT2D eigenvalue weighted by molar-refractivity contribution is 8.26. The van der Waals surface area contributed by atoms with Gasteiger partial charge in [0, 0.05) is 40.7 Å². The van der Waals surface area contributed by atoms with Crippen LogP contribution in [0.3, 0.4) is 0 Å². The highest BCUT2D eigenvalue weighted by atomic mass is 32.1. The topological polar surface area (TPSA) is 0 Å². The molecule has 0 radical (unpaired) electrons. The fourth-order valence-corrected chi connectivity index (χ4v) is 21.5. The Morgan fingerprint density at radius 1 is 0.395 bits per heavy atom. The molecule has 190 valence electrons. The molecule has 8 rings (SSSR count). The smallest absolute Gasteiger partial charge is 0.0391 e. The average Bonchev–Trinajstić information content (AvgIpc) is 3.78. The zero-order valence-corrected chi connectivity index (χ0v) is 26.2. The van der Waals surface area contributed by atoms with Crippen molar-refractivity contribution in [3.63, 3.8) is 0 Å². The molecule has 0 bridgehead atoms. The summed E-state index contributed by atoms with van der Waals surface area (Å²) in [6.45, 7) is 0. The summed E-state index contributed by atoms with van der Waals surface area (Å²) >= 11 is 7.92. The molecule has 38 heavy (non-hydrogen) atoms. The number of fused-ring (bicyclic) bond motifs is 2. The highest BCUT2D eigenvalue weighted by Crippen LogP contribution is 2.79. The summed E-state index contributed by atoms with van der Waals surface area (Å²) in [7, 11) is -1.01. The Labute approximate surface area is 242 Å². The van der Waals surface area contributed by atoms with E-state index in [4.69, 9.17) is 0 Å². The van der Waals surface area contributed by atoms with Crippen LogP contribution in [-0.2, 0) is 25.7 Å². The second-order valence-corrected chi connectivity index (χ2v) is 19.5. The molecule has 6 aromatic heterocycles. The lowest BCUT2D eigenvalue weighted by Crippen LogP contribution is -2.00. The van der Waals surface area contributed by atoms with Crippen molar-refractivity contribution in [2.24, 2.45) is 0 Å². The van der Waals surface area contributed by atoms with Crippen molar-refractivity contribution < 1.29 is 0 Å². The van der Waals surface area contributed by atoms with Gasteiger partial charge in [-0.2, -0.15) is 0 Å². The molecule has 2 aliphatic rings. The van der Waals surface area contributed by atoms with Gasteiger partial charge in [0.15, 0.2) is 0 Å². The van der Waals surface area contributed by atoms with Crippen molar-refractivity contribution in [3.8, 4) is 40.7 Å². The molecule has 0 amide bonds. The van der Waals surface area contributed by atoms with Gasteiger partial charge in [-0.3, -0.25) is 0 Å². The Balaban J connectivity index is 1.58. The summed E-state index contributed by atoms with van der Waals surface area (Å²) in [6, 6.07) is 18.9. The maximum absolute atomic E-state index is 2.43. The van der Waals surface area contributed by atoms with Gasteiger partial charge in [-0.1, -0.05) is 38.7 Å². The van der Waals surface area contributed by atoms with Crippen LogP contribution in [0.5, 0.6) is 0 Å². The molecule has 6 heteroatoms. The van der Waals surface area contributed by atoms with Crippen LogP contribution in [0.25, 0.3) is 40.7 Å². The van der Waals surface area contributed by atoms with Crippen molar-refractivity contribution in [2.45, 2.75) is 51.4 Å². The summed E-state index contributed by atoms with van der Waals surface area (Å²) in [4.78, 5) is 6.17. The van der Waals surface area contributed by atoms with Gasteiger partial charge >= 0.3 is 0 Å². The molecule has 0 atom stereocenters. The maximum Gasteiger partial charge on any atom is 0.0391 e. The van der Waals surface area contributed by atoms with E-state index in [2.05, 4.69) is 70.1 Å².